The molecular formula is C12H11Cl3N2O3S. The fourth-order valence-electron chi connectivity index (χ4n) is 1.84. The number of benzene rings is 1. The summed E-state index contributed by atoms with van der Waals surface area (Å²) in [5, 5.41) is 4.60. The van der Waals surface area contributed by atoms with Crippen molar-refractivity contribution >= 4 is 42.9 Å². The average Bonchev–Trinajstić information content (AvgIpc) is 2.69. The van der Waals surface area contributed by atoms with Crippen LogP contribution in [0.5, 0.6) is 0 Å². The van der Waals surface area contributed by atoms with Crippen LogP contribution in [-0.2, 0) is 26.9 Å². The Hall–Kier alpha value is -0.790. The molecule has 0 aliphatic rings. The predicted molar refractivity (Wildman–Crippen MR) is 81.5 cm³/mol. The number of ether oxygens (including phenoxy) is 1. The van der Waals surface area contributed by atoms with Gasteiger partial charge >= 0.3 is 0 Å². The molecule has 5 nitrogen and oxygen atoms in total. The number of hydrogen-bond acceptors (Lipinski definition) is 4. The number of nitrogens with zero attached hydrogens (tertiary/aromatic N) is 2. The molecule has 114 valence electrons. The van der Waals surface area contributed by atoms with Crippen LogP contribution in [0.15, 0.2) is 29.2 Å². The highest BCUT2D eigenvalue weighted by atomic mass is 35.7. The Labute approximate surface area is 136 Å². The first-order valence-corrected chi connectivity index (χ1v) is 8.83. The van der Waals surface area contributed by atoms with Crippen molar-refractivity contribution in [1.29, 1.82) is 0 Å². The van der Waals surface area contributed by atoms with Crippen LogP contribution in [0.3, 0.4) is 0 Å². The molecule has 0 atom stereocenters. The van der Waals surface area contributed by atoms with Gasteiger partial charge in [0, 0.05) is 22.8 Å². The maximum atomic E-state index is 11.6. The van der Waals surface area contributed by atoms with E-state index in [0.29, 0.717) is 5.02 Å². The van der Waals surface area contributed by atoms with Crippen LogP contribution in [0, 0.1) is 0 Å². The summed E-state index contributed by atoms with van der Waals surface area (Å²) in [7, 11) is 2.80. The Balaban J connectivity index is 2.49. The number of rotatable bonds is 5. The molecule has 21 heavy (non-hydrogen) atoms. The lowest BCUT2D eigenvalue weighted by molar-refractivity contribution is 0.178. The van der Waals surface area contributed by atoms with Crippen LogP contribution >= 0.6 is 33.9 Å². The van der Waals surface area contributed by atoms with Gasteiger partial charge in [0.05, 0.1) is 13.2 Å². The molecule has 0 N–H and O–H groups in total. The van der Waals surface area contributed by atoms with Gasteiger partial charge < -0.3 is 4.74 Å². The topological polar surface area (TPSA) is 61.2 Å². The maximum absolute atomic E-state index is 11.6. The zero-order valence-electron chi connectivity index (χ0n) is 10.9. The summed E-state index contributed by atoms with van der Waals surface area (Å²) in [6.07, 6.45) is 0. The quantitative estimate of drug-likeness (QED) is 0.759. The second-order valence-corrected chi connectivity index (χ2v) is 7.45. The van der Waals surface area contributed by atoms with E-state index in [1.54, 1.807) is 18.2 Å². The number of methoxy groups -OCH3 is 1. The molecule has 1 aromatic carbocycles. The van der Waals surface area contributed by atoms with Crippen molar-refractivity contribution in [3.05, 3.63) is 45.7 Å². The summed E-state index contributed by atoms with van der Waals surface area (Å²) >= 11 is 12.2. The first-order chi connectivity index (χ1) is 9.84. The van der Waals surface area contributed by atoms with E-state index in [-0.39, 0.29) is 28.9 Å². The molecule has 0 unspecified atom stereocenters. The lowest BCUT2D eigenvalue weighted by Gasteiger charge is -2.05. The van der Waals surface area contributed by atoms with Crippen LogP contribution in [0.1, 0.15) is 11.3 Å². The maximum Gasteiger partial charge on any atom is 0.266 e. The third-order valence-corrected chi connectivity index (χ3v) is 4.96. The molecule has 2 aromatic rings. The molecule has 0 bridgehead atoms. The Bertz CT molecular complexity index is 759. The van der Waals surface area contributed by atoms with Gasteiger partial charge in [0.25, 0.3) is 9.05 Å². The minimum Gasteiger partial charge on any atom is -0.378 e. The average molecular weight is 370 g/mol. The SMILES string of the molecule is COCc1nn(Cc2ccccc2Cl)c(Cl)c1S(=O)(=O)Cl. The molecule has 2 rings (SSSR count). The Morgan fingerprint density at radius 2 is 1.95 bits per heavy atom. The Kier molecular flexibility index (Phi) is 5.16. The summed E-state index contributed by atoms with van der Waals surface area (Å²) in [6.45, 7) is 0.207. The molecule has 0 amide bonds. The van der Waals surface area contributed by atoms with Gasteiger partial charge in [0.15, 0.2) is 0 Å². The van der Waals surface area contributed by atoms with Gasteiger partial charge in [-0.25, -0.2) is 13.1 Å². The molecule has 0 radical (unpaired) electrons. The fourth-order valence-corrected chi connectivity index (χ4v) is 3.84. The number of aromatic nitrogens is 2. The second kappa shape index (κ2) is 6.54. The standard InChI is InChI=1S/C12H11Cl3N2O3S/c1-20-7-10-11(21(15,18)19)12(14)17(16-10)6-8-4-2-3-5-9(8)13/h2-5H,6-7H2,1H3. The Morgan fingerprint density at radius 1 is 1.29 bits per heavy atom. The van der Waals surface area contributed by atoms with Crippen LogP contribution in [0.2, 0.25) is 10.2 Å². The molecule has 1 heterocycles. The van der Waals surface area contributed by atoms with Gasteiger partial charge in [-0.3, -0.25) is 0 Å². The lowest BCUT2D eigenvalue weighted by atomic mass is 10.2. The molecule has 0 saturated carbocycles. The van der Waals surface area contributed by atoms with Crippen molar-refractivity contribution in [3.63, 3.8) is 0 Å². The van der Waals surface area contributed by atoms with E-state index in [4.69, 9.17) is 38.6 Å². The summed E-state index contributed by atoms with van der Waals surface area (Å²) in [5.41, 5.74) is 0.913. The van der Waals surface area contributed by atoms with Gasteiger partial charge in [-0.1, -0.05) is 41.4 Å². The van der Waals surface area contributed by atoms with Crippen molar-refractivity contribution in [1.82, 2.24) is 9.78 Å². The van der Waals surface area contributed by atoms with Crippen molar-refractivity contribution in [2.75, 3.05) is 7.11 Å². The van der Waals surface area contributed by atoms with E-state index < -0.39 is 9.05 Å². The van der Waals surface area contributed by atoms with E-state index in [0.717, 1.165) is 5.56 Å². The minimum atomic E-state index is -4.02. The fraction of sp³-hybridized carbons (Fsp3) is 0.250. The smallest absolute Gasteiger partial charge is 0.266 e. The molecule has 0 aliphatic carbocycles. The lowest BCUT2D eigenvalue weighted by Crippen LogP contribution is -2.03. The number of halogens is 3. The normalized spacial score (nSPS) is 11.8. The molecule has 0 spiro atoms. The van der Waals surface area contributed by atoms with Gasteiger partial charge in [0.1, 0.15) is 15.7 Å². The highest BCUT2D eigenvalue weighted by Gasteiger charge is 2.26. The van der Waals surface area contributed by atoms with E-state index in [2.05, 4.69) is 5.10 Å². The molecule has 9 heteroatoms. The third-order valence-electron chi connectivity index (χ3n) is 2.72. The first-order valence-electron chi connectivity index (χ1n) is 5.76. The Morgan fingerprint density at radius 3 is 2.52 bits per heavy atom. The van der Waals surface area contributed by atoms with E-state index in [1.807, 2.05) is 6.07 Å². The molecular weight excluding hydrogens is 359 g/mol. The zero-order valence-corrected chi connectivity index (χ0v) is 14.0. The highest BCUT2D eigenvalue weighted by molar-refractivity contribution is 8.13. The van der Waals surface area contributed by atoms with E-state index in [9.17, 15) is 8.42 Å². The zero-order chi connectivity index (χ0) is 15.6. The molecule has 0 fully saturated rings. The van der Waals surface area contributed by atoms with Crippen LogP contribution < -0.4 is 0 Å². The first kappa shape index (κ1) is 16.6. The third kappa shape index (κ3) is 3.70. The van der Waals surface area contributed by atoms with E-state index in [1.165, 1.54) is 11.8 Å². The van der Waals surface area contributed by atoms with Crippen LogP contribution in [0.25, 0.3) is 0 Å². The van der Waals surface area contributed by atoms with Gasteiger partial charge in [-0.2, -0.15) is 5.10 Å². The largest absolute Gasteiger partial charge is 0.378 e. The molecule has 1 aromatic heterocycles. The second-order valence-electron chi connectivity index (χ2n) is 4.19. The highest BCUT2D eigenvalue weighted by Crippen LogP contribution is 2.30. The van der Waals surface area contributed by atoms with Crippen molar-refractivity contribution in [3.8, 4) is 0 Å². The van der Waals surface area contributed by atoms with Gasteiger partial charge in [-0.05, 0) is 11.6 Å². The van der Waals surface area contributed by atoms with Gasteiger partial charge in [0.2, 0.25) is 0 Å². The minimum absolute atomic E-state index is 0.0173. The summed E-state index contributed by atoms with van der Waals surface area (Å²) in [6, 6.07) is 7.13. The summed E-state index contributed by atoms with van der Waals surface area (Å²) in [5.74, 6) is 0. The monoisotopic (exact) mass is 368 g/mol. The van der Waals surface area contributed by atoms with Crippen molar-refractivity contribution in [2.24, 2.45) is 0 Å². The van der Waals surface area contributed by atoms with Crippen molar-refractivity contribution in [2.45, 2.75) is 18.0 Å². The van der Waals surface area contributed by atoms with Crippen molar-refractivity contribution < 1.29 is 13.2 Å². The van der Waals surface area contributed by atoms with Gasteiger partial charge in [-0.15, -0.1) is 0 Å². The molecule has 0 aliphatic heterocycles. The molecule has 0 saturated heterocycles. The van der Waals surface area contributed by atoms with Crippen LogP contribution in [0.4, 0.5) is 0 Å². The predicted octanol–water partition coefficient (Wildman–Crippen LogP) is 3.31. The summed E-state index contributed by atoms with van der Waals surface area (Å²) < 4.78 is 29.5. The number of hydrogen-bond donors (Lipinski definition) is 0. The van der Waals surface area contributed by atoms with E-state index >= 15 is 0 Å². The van der Waals surface area contributed by atoms with Crippen LogP contribution in [-0.4, -0.2) is 25.3 Å². The summed E-state index contributed by atoms with van der Waals surface area (Å²) in [4.78, 5) is -0.236.